The van der Waals surface area contributed by atoms with Crippen LogP contribution < -0.4 is 4.74 Å². The highest BCUT2D eigenvalue weighted by Crippen LogP contribution is 2.25. The highest BCUT2D eigenvalue weighted by Gasteiger charge is 2.11. The summed E-state index contributed by atoms with van der Waals surface area (Å²) < 4.78 is 11.6. The minimum absolute atomic E-state index is 0.0535. The zero-order valence-corrected chi connectivity index (χ0v) is 16.9. The second kappa shape index (κ2) is 9.66. The molecule has 0 bridgehead atoms. The predicted molar refractivity (Wildman–Crippen MR) is 111 cm³/mol. The van der Waals surface area contributed by atoms with E-state index in [0.717, 1.165) is 22.6 Å². The number of aryl methyl sites for hydroxylation is 1. The lowest BCUT2D eigenvalue weighted by Crippen LogP contribution is -2.03. The third kappa shape index (κ3) is 5.78. The summed E-state index contributed by atoms with van der Waals surface area (Å²) in [4.78, 5) is 15.2. The summed E-state index contributed by atoms with van der Waals surface area (Å²) in [5.74, 6) is 1.82. The van der Waals surface area contributed by atoms with Crippen LogP contribution in [0.3, 0.4) is 0 Å². The monoisotopic (exact) mass is 417 g/mol. The maximum Gasteiger partial charge on any atom is 0.313 e. The molecule has 0 saturated heterocycles. The Morgan fingerprint density at radius 1 is 1.25 bits per heavy atom. The SMILES string of the molecule is Cc1oc(-c2ccccc2)nc1CCOc1cc(Cl)cc(CSCC(=O)O)c1. The van der Waals surface area contributed by atoms with E-state index >= 15 is 0 Å². The van der Waals surface area contributed by atoms with Crippen LogP contribution >= 0.6 is 23.4 Å². The van der Waals surface area contributed by atoms with E-state index in [9.17, 15) is 4.79 Å². The standard InChI is InChI=1S/C21H20ClNO4S/c1-14-19(23-21(27-14)16-5-3-2-4-6-16)7-8-26-18-10-15(9-17(22)11-18)12-28-13-20(24)25/h2-6,9-11H,7-8,12-13H2,1H3,(H,24,25). The van der Waals surface area contributed by atoms with Crippen molar-refractivity contribution < 1.29 is 19.1 Å². The van der Waals surface area contributed by atoms with Crippen LogP contribution in [-0.2, 0) is 17.0 Å². The first kappa shape index (κ1) is 20.3. The molecule has 0 unspecified atom stereocenters. The van der Waals surface area contributed by atoms with Crippen LogP contribution in [0.15, 0.2) is 52.9 Å². The van der Waals surface area contributed by atoms with Crippen LogP contribution in [0.1, 0.15) is 17.0 Å². The number of ether oxygens (including phenoxy) is 1. The minimum Gasteiger partial charge on any atom is -0.493 e. The molecule has 3 aromatic rings. The quantitative estimate of drug-likeness (QED) is 0.513. The fraction of sp³-hybridized carbons (Fsp3) is 0.238. The van der Waals surface area contributed by atoms with Crippen molar-refractivity contribution in [3.8, 4) is 17.2 Å². The molecule has 146 valence electrons. The summed E-state index contributed by atoms with van der Waals surface area (Å²) in [5.41, 5.74) is 2.73. The zero-order valence-electron chi connectivity index (χ0n) is 15.4. The van der Waals surface area contributed by atoms with Gasteiger partial charge in [-0.05, 0) is 42.8 Å². The lowest BCUT2D eigenvalue weighted by molar-refractivity contribution is -0.133. The molecule has 0 spiro atoms. The molecule has 0 fully saturated rings. The second-order valence-corrected chi connectivity index (χ2v) is 7.59. The molecule has 0 atom stereocenters. The molecular formula is C21H20ClNO4S. The van der Waals surface area contributed by atoms with Gasteiger partial charge in [0.05, 0.1) is 18.1 Å². The smallest absolute Gasteiger partial charge is 0.313 e. The van der Waals surface area contributed by atoms with Gasteiger partial charge in [0.1, 0.15) is 11.5 Å². The van der Waals surface area contributed by atoms with Crippen LogP contribution in [0, 0.1) is 6.92 Å². The number of aromatic nitrogens is 1. The summed E-state index contributed by atoms with van der Waals surface area (Å²) in [5, 5.41) is 9.30. The van der Waals surface area contributed by atoms with E-state index in [1.54, 1.807) is 6.07 Å². The van der Waals surface area contributed by atoms with Gasteiger partial charge in [0, 0.05) is 22.8 Å². The first-order chi connectivity index (χ1) is 13.5. The van der Waals surface area contributed by atoms with Crippen molar-refractivity contribution >= 4 is 29.3 Å². The van der Waals surface area contributed by atoms with Crippen molar-refractivity contribution in [3.05, 3.63) is 70.6 Å². The van der Waals surface area contributed by atoms with Gasteiger partial charge in [-0.15, -0.1) is 11.8 Å². The number of hydrogen-bond acceptors (Lipinski definition) is 5. The Hall–Kier alpha value is -2.44. The Kier molecular flexibility index (Phi) is 7.01. The van der Waals surface area contributed by atoms with Gasteiger partial charge in [-0.2, -0.15) is 0 Å². The predicted octanol–water partition coefficient (Wildman–Crippen LogP) is 5.24. The van der Waals surface area contributed by atoms with Crippen LogP contribution in [0.4, 0.5) is 0 Å². The molecule has 0 aliphatic carbocycles. The molecular weight excluding hydrogens is 398 g/mol. The van der Waals surface area contributed by atoms with E-state index in [1.165, 1.54) is 11.8 Å². The van der Waals surface area contributed by atoms with Gasteiger partial charge in [-0.3, -0.25) is 4.79 Å². The molecule has 3 rings (SSSR count). The van der Waals surface area contributed by atoms with E-state index in [0.29, 0.717) is 35.4 Å². The van der Waals surface area contributed by atoms with Crippen molar-refractivity contribution in [2.24, 2.45) is 0 Å². The number of benzene rings is 2. The molecule has 0 aliphatic heterocycles. The topological polar surface area (TPSA) is 72.6 Å². The van der Waals surface area contributed by atoms with Gasteiger partial charge in [0.25, 0.3) is 0 Å². The van der Waals surface area contributed by atoms with Crippen molar-refractivity contribution in [2.75, 3.05) is 12.4 Å². The molecule has 0 radical (unpaired) electrons. The molecule has 28 heavy (non-hydrogen) atoms. The molecule has 1 aromatic heterocycles. The summed E-state index contributed by atoms with van der Waals surface area (Å²) in [6.07, 6.45) is 0.609. The Bertz CT molecular complexity index is 943. The van der Waals surface area contributed by atoms with Gasteiger partial charge in [0.2, 0.25) is 5.89 Å². The molecule has 0 aliphatic rings. The van der Waals surface area contributed by atoms with Crippen LogP contribution in [0.25, 0.3) is 11.5 Å². The first-order valence-electron chi connectivity index (χ1n) is 8.75. The average Bonchev–Trinajstić information content (AvgIpc) is 3.03. The van der Waals surface area contributed by atoms with Crippen LogP contribution in [0.2, 0.25) is 5.02 Å². The van der Waals surface area contributed by atoms with Gasteiger partial charge < -0.3 is 14.3 Å². The van der Waals surface area contributed by atoms with Crippen molar-refractivity contribution in [2.45, 2.75) is 19.1 Å². The Morgan fingerprint density at radius 3 is 2.79 bits per heavy atom. The number of carboxylic acids is 1. The zero-order chi connectivity index (χ0) is 19.9. The molecule has 1 N–H and O–H groups in total. The molecule has 2 aromatic carbocycles. The summed E-state index contributed by atoms with van der Waals surface area (Å²) in [6.45, 7) is 2.33. The molecule has 1 heterocycles. The van der Waals surface area contributed by atoms with Crippen molar-refractivity contribution in [1.29, 1.82) is 0 Å². The Labute approximate surface area is 172 Å². The van der Waals surface area contributed by atoms with E-state index in [2.05, 4.69) is 4.98 Å². The fourth-order valence-electron chi connectivity index (χ4n) is 2.67. The summed E-state index contributed by atoms with van der Waals surface area (Å²) >= 11 is 7.47. The first-order valence-corrected chi connectivity index (χ1v) is 10.3. The number of hydrogen-bond donors (Lipinski definition) is 1. The second-order valence-electron chi connectivity index (χ2n) is 6.17. The lowest BCUT2D eigenvalue weighted by Gasteiger charge is -2.08. The molecule has 7 heteroatoms. The molecule has 0 saturated carbocycles. The number of oxazole rings is 1. The van der Waals surface area contributed by atoms with E-state index in [1.807, 2.05) is 49.4 Å². The van der Waals surface area contributed by atoms with Crippen molar-refractivity contribution in [1.82, 2.24) is 4.98 Å². The number of carbonyl (C=O) groups is 1. The van der Waals surface area contributed by atoms with Gasteiger partial charge in [-0.25, -0.2) is 4.98 Å². The maximum atomic E-state index is 10.6. The minimum atomic E-state index is -0.832. The number of halogens is 1. The van der Waals surface area contributed by atoms with E-state index in [4.69, 9.17) is 25.9 Å². The van der Waals surface area contributed by atoms with Gasteiger partial charge >= 0.3 is 5.97 Å². The number of nitrogens with zero attached hydrogens (tertiary/aromatic N) is 1. The van der Waals surface area contributed by atoms with Crippen molar-refractivity contribution in [3.63, 3.8) is 0 Å². The molecule has 0 amide bonds. The highest BCUT2D eigenvalue weighted by molar-refractivity contribution is 7.99. The lowest BCUT2D eigenvalue weighted by atomic mass is 10.2. The fourth-order valence-corrected chi connectivity index (χ4v) is 3.60. The Balaban J connectivity index is 1.58. The van der Waals surface area contributed by atoms with E-state index < -0.39 is 5.97 Å². The average molecular weight is 418 g/mol. The third-order valence-corrected chi connectivity index (χ3v) is 5.15. The molecule has 5 nitrogen and oxygen atoms in total. The Morgan fingerprint density at radius 2 is 2.04 bits per heavy atom. The van der Waals surface area contributed by atoms with E-state index in [-0.39, 0.29) is 5.75 Å². The van der Waals surface area contributed by atoms with Crippen LogP contribution in [0.5, 0.6) is 5.75 Å². The number of carboxylic acid groups (broad SMARTS) is 1. The largest absolute Gasteiger partial charge is 0.493 e. The van der Waals surface area contributed by atoms with Gasteiger partial charge in [0.15, 0.2) is 0 Å². The highest BCUT2D eigenvalue weighted by atomic mass is 35.5. The summed E-state index contributed by atoms with van der Waals surface area (Å²) in [7, 11) is 0. The number of aliphatic carboxylic acids is 1. The third-order valence-electron chi connectivity index (χ3n) is 3.95. The van der Waals surface area contributed by atoms with Gasteiger partial charge in [-0.1, -0.05) is 29.8 Å². The van der Waals surface area contributed by atoms with Crippen LogP contribution in [-0.4, -0.2) is 28.4 Å². The normalized spacial score (nSPS) is 10.8. The number of thioether (sulfide) groups is 1. The summed E-state index contributed by atoms with van der Waals surface area (Å²) in [6, 6.07) is 15.2. The maximum absolute atomic E-state index is 10.6. The number of rotatable bonds is 9.